The van der Waals surface area contributed by atoms with E-state index in [0.29, 0.717) is 5.92 Å². The number of hydrazine groups is 1. The molecule has 3 N–H and O–H groups in total. The molecule has 3 atom stereocenters. The first-order valence-electron chi connectivity index (χ1n) is 8.25. The molecule has 0 aromatic carbocycles. The molecule has 1 aromatic heterocycles. The van der Waals surface area contributed by atoms with E-state index >= 15 is 0 Å². The van der Waals surface area contributed by atoms with Crippen LogP contribution < -0.4 is 11.3 Å². The summed E-state index contributed by atoms with van der Waals surface area (Å²) in [5, 5.41) is 0. The number of rotatable bonds is 7. The first-order valence-corrected chi connectivity index (χ1v) is 8.25. The molecule has 1 saturated carbocycles. The summed E-state index contributed by atoms with van der Waals surface area (Å²) in [6, 6.07) is 0.105. The van der Waals surface area contributed by atoms with Crippen molar-refractivity contribution in [3.63, 3.8) is 0 Å². The lowest BCUT2D eigenvalue weighted by Crippen LogP contribution is -2.58. The van der Waals surface area contributed by atoms with Gasteiger partial charge in [-0.3, -0.25) is 11.3 Å². The molecule has 2 rings (SSSR count). The van der Waals surface area contributed by atoms with E-state index in [1.54, 1.807) is 0 Å². The molecule has 5 nitrogen and oxygen atoms in total. The third-order valence-corrected chi connectivity index (χ3v) is 4.79. The Morgan fingerprint density at radius 3 is 3.00 bits per heavy atom. The summed E-state index contributed by atoms with van der Waals surface area (Å²) in [6.07, 6.45) is 9.35. The molecule has 1 aliphatic carbocycles. The van der Waals surface area contributed by atoms with Crippen molar-refractivity contribution < 1.29 is 4.74 Å². The summed E-state index contributed by atoms with van der Waals surface area (Å²) in [5.74, 6) is 7.67. The molecule has 1 fully saturated rings. The maximum Gasteiger partial charge on any atom is 0.110 e. The molecular formula is C16H30N4O. The van der Waals surface area contributed by atoms with Gasteiger partial charge in [-0.2, -0.15) is 0 Å². The van der Waals surface area contributed by atoms with Gasteiger partial charge < -0.3 is 9.30 Å². The van der Waals surface area contributed by atoms with E-state index in [4.69, 9.17) is 10.6 Å². The molecule has 1 heterocycles. The molecule has 0 radical (unpaired) electrons. The minimum Gasteiger partial charge on any atom is -0.374 e. The van der Waals surface area contributed by atoms with E-state index in [1.807, 2.05) is 12.4 Å². The maximum atomic E-state index is 6.24. The van der Waals surface area contributed by atoms with Gasteiger partial charge in [-0.05, 0) is 32.6 Å². The van der Waals surface area contributed by atoms with Crippen LogP contribution in [-0.4, -0.2) is 27.8 Å². The average Bonchev–Trinajstić information content (AvgIpc) is 2.92. The van der Waals surface area contributed by atoms with Crippen LogP contribution >= 0.6 is 0 Å². The Morgan fingerprint density at radius 2 is 2.38 bits per heavy atom. The number of nitrogens with one attached hydrogen (secondary N) is 1. The van der Waals surface area contributed by atoms with Crippen LogP contribution in [0.2, 0.25) is 0 Å². The predicted octanol–water partition coefficient (Wildman–Crippen LogP) is 2.26. The summed E-state index contributed by atoms with van der Waals surface area (Å²) in [4.78, 5) is 4.49. The van der Waals surface area contributed by atoms with E-state index in [0.717, 1.165) is 38.2 Å². The monoisotopic (exact) mass is 294 g/mol. The second kappa shape index (κ2) is 7.38. The van der Waals surface area contributed by atoms with Crippen molar-refractivity contribution in [1.82, 2.24) is 15.0 Å². The highest BCUT2D eigenvalue weighted by Crippen LogP contribution is 2.38. The van der Waals surface area contributed by atoms with Crippen molar-refractivity contribution in [3.8, 4) is 0 Å². The Hall–Kier alpha value is -0.910. The average molecular weight is 294 g/mol. The standard InChI is InChI=1S/C16H30N4O/c1-4-20-10-9-18-15(20)11-14(19-17)16(21-5-2)8-6-7-13(3)12-16/h9-10,13-14,19H,4-8,11-12,17H2,1-3H3. The normalized spacial score (nSPS) is 27.7. The topological polar surface area (TPSA) is 65.1 Å². The molecule has 0 spiro atoms. The van der Waals surface area contributed by atoms with Gasteiger partial charge in [-0.15, -0.1) is 0 Å². The third-order valence-electron chi connectivity index (χ3n) is 4.79. The predicted molar refractivity (Wildman–Crippen MR) is 84.7 cm³/mol. The fourth-order valence-corrected chi connectivity index (χ4v) is 3.78. The van der Waals surface area contributed by atoms with Gasteiger partial charge in [-0.1, -0.05) is 19.8 Å². The maximum absolute atomic E-state index is 6.24. The van der Waals surface area contributed by atoms with Gasteiger partial charge >= 0.3 is 0 Å². The van der Waals surface area contributed by atoms with Crippen molar-refractivity contribution >= 4 is 0 Å². The van der Waals surface area contributed by atoms with Gasteiger partial charge in [0.2, 0.25) is 0 Å². The molecule has 0 saturated heterocycles. The highest BCUT2D eigenvalue weighted by molar-refractivity contribution is 5.03. The number of ether oxygens (including phenoxy) is 1. The molecule has 1 aromatic rings. The van der Waals surface area contributed by atoms with Crippen LogP contribution in [0.3, 0.4) is 0 Å². The number of nitrogens with zero attached hydrogens (tertiary/aromatic N) is 2. The van der Waals surface area contributed by atoms with Gasteiger partial charge in [0, 0.05) is 32.0 Å². The SMILES string of the molecule is CCOC1(C(Cc2nccn2CC)NN)CCCC(C)C1. The fraction of sp³-hybridized carbons (Fsp3) is 0.812. The third kappa shape index (κ3) is 3.65. The first kappa shape index (κ1) is 16.5. The number of hydrogen-bond donors (Lipinski definition) is 2. The van der Waals surface area contributed by atoms with Crippen molar-refractivity contribution in [2.45, 2.75) is 71.1 Å². The highest BCUT2D eigenvalue weighted by atomic mass is 16.5. The number of nitrogens with two attached hydrogens (primary N) is 1. The lowest BCUT2D eigenvalue weighted by atomic mass is 9.73. The van der Waals surface area contributed by atoms with Crippen LogP contribution in [0.1, 0.15) is 52.3 Å². The summed E-state index contributed by atoms with van der Waals surface area (Å²) >= 11 is 0. The van der Waals surface area contributed by atoms with Crippen LogP contribution in [0.5, 0.6) is 0 Å². The second-order valence-corrected chi connectivity index (χ2v) is 6.25. The Bertz CT molecular complexity index is 430. The van der Waals surface area contributed by atoms with E-state index < -0.39 is 0 Å². The van der Waals surface area contributed by atoms with Gasteiger partial charge in [0.25, 0.3) is 0 Å². The van der Waals surface area contributed by atoms with Crippen LogP contribution in [0.25, 0.3) is 0 Å². The zero-order valence-electron chi connectivity index (χ0n) is 13.6. The van der Waals surface area contributed by atoms with Crippen LogP contribution in [0.4, 0.5) is 0 Å². The Morgan fingerprint density at radius 1 is 1.57 bits per heavy atom. The Balaban J connectivity index is 2.19. The highest BCUT2D eigenvalue weighted by Gasteiger charge is 2.42. The van der Waals surface area contributed by atoms with Crippen molar-refractivity contribution in [2.24, 2.45) is 11.8 Å². The molecule has 0 amide bonds. The second-order valence-electron chi connectivity index (χ2n) is 6.25. The van der Waals surface area contributed by atoms with Crippen molar-refractivity contribution in [1.29, 1.82) is 0 Å². The number of imidazole rings is 1. The van der Waals surface area contributed by atoms with E-state index in [1.165, 1.54) is 12.8 Å². The van der Waals surface area contributed by atoms with Crippen molar-refractivity contribution in [2.75, 3.05) is 6.61 Å². The number of aromatic nitrogens is 2. The summed E-state index contributed by atoms with van der Waals surface area (Å²) in [5.41, 5.74) is 2.87. The molecule has 3 unspecified atom stereocenters. The van der Waals surface area contributed by atoms with Gasteiger partial charge in [-0.25, -0.2) is 4.98 Å². The smallest absolute Gasteiger partial charge is 0.110 e. The van der Waals surface area contributed by atoms with E-state index in [-0.39, 0.29) is 11.6 Å². The Labute approximate surface area is 128 Å². The molecule has 5 heteroatoms. The largest absolute Gasteiger partial charge is 0.374 e. The lowest BCUT2D eigenvalue weighted by molar-refractivity contribution is -0.101. The molecule has 0 aliphatic heterocycles. The fourth-order valence-electron chi connectivity index (χ4n) is 3.78. The van der Waals surface area contributed by atoms with E-state index in [9.17, 15) is 0 Å². The van der Waals surface area contributed by atoms with Gasteiger partial charge in [0.1, 0.15) is 5.82 Å². The molecule has 21 heavy (non-hydrogen) atoms. The van der Waals surface area contributed by atoms with Crippen LogP contribution in [-0.2, 0) is 17.7 Å². The summed E-state index contributed by atoms with van der Waals surface area (Å²) in [6.45, 7) is 8.18. The zero-order valence-corrected chi connectivity index (χ0v) is 13.6. The quantitative estimate of drug-likeness (QED) is 0.598. The van der Waals surface area contributed by atoms with Crippen molar-refractivity contribution in [3.05, 3.63) is 18.2 Å². The minimum absolute atomic E-state index is 0.105. The number of aryl methyl sites for hydroxylation is 1. The molecule has 1 aliphatic rings. The molecule has 0 bridgehead atoms. The molecular weight excluding hydrogens is 264 g/mol. The minimum atomic E-state index is -0.161. The lowest BCUT2D eigenvalue weighted by Gasteiger charge is -2.45. The van der Waals surface area contributed by atoms with Gasteiger partial charge in [0.15, 0.2) is 0 Å². The zero-order chi connectivity index (χ0) is 15.3. The van der Waals surface area contributed by atoms with Crippen LogP contribution in [0, 0.1) is 5.92 Å². The van der Waals surface area contributed by atoms with E-state index in [2.05, 4.69) is 35.7 Å². The number of hydrogen-bond acceptors (Lipinski definition) is 4. The molecule has 120 valence electrons. The summed E-state index contributed by atoms with van der Waals surface area (Å²) < 4.78 is 8.41. The Kier molecular flexibility index (Phi) is 5.79. The summed E-state index contributed by atoms with van der Waals surface area (Å²) in [7, 11) is 0. The van der Waals surface area contributed by atoms with Gasteiger partial charge in [0.05, 0.1) is 11.6 Å². The van der Waals surface area contributed by atoms with Crippen LogP contribution in [0.15, 0.2) is 12.4 Å². The first-order chi connectivity index (χ1) is 10.1.